The average Bonchev–Trinajstić information content (AvgIpc) is 3.20. The van der Waals surface area contributed by atoms with Crippen molar-refractivity contribution in [3.63, 3.8) is 0 Å². The Morgan fingerprint density at radius 3 is 2.81 bits per heavy atom. The van der Waals surface area contributed by atoms with Crippen molar-refractivity contribution < 1.29 is 4.79 Å². The molecule has 2 aromatic heterocycles. The van der Waals surface area contributed by atoms with Crippen LogP contribution in [0, 0.1) is 0 Å². The molecular formula is C22H22ClN5O2S. The predicted octanol–water partition coefficient (Wildman–Crippen LogP) is 3.91. The minimum Gasteiger partial charge on any atom is -0.351 e. The molecule has 31 heavy (non-hydrogen) atoms. The van der Waals surface area contributed by atoms with Gasteiger partial charge in [0.25, 0.3) is 5.56 Å². The van der Waals surface area contributed by atoms with Gasteiger partial charge < -0.3 is 5.32 Å². The first-order valence-electron chi connectivity index (χ1n) is 10.1. The number of hydrogen-bond donors (Lipinski definition) is 1. The summed E-state index contributed by atoms with van der Waals surface area (Å²) >= 11 is 7.28. The van der Waals surface area contributed by atoms with Crippen LogP contribution in [0.15, 0.2) is 58.5 Å². The molecule has 0 bridgehead atoms. The summed E-state index contributed by atoms with van der Waals surface area (Å²) in [5, 5.41) is 13.3. The van der Waals surface area contributed by atoms with Crippen molar-refractivity contribution >= 4 is 46.0 Å². The van der Waals surface area contributed by atoms with Gasteiger partial charge in [-0.1, -0.05) is 61.0 Å². The van der Waals surface area contributed by atoms with E-state index in [1.807, 2.05) is 46.9 Å². The summed E-state index contributed by atoms with van der Waals surface area (Å²) in [6, 6.07) is 14.8. The van der Waals surface area contributed by atoms with E-state index in [0.29, 0.717) is 34.4 Å². The van der Waals surface area contributed by atoms with Crippen LogP contribution in [0.4, 0.5) is 0 Å². The summed E-state index contributed by atoms with van der Waals surface area (Å²) in [6.07, 6.45) is 1.84. The number of rotatable bonds is 8. The smallest absolute Gasteiger partial charge is 0.262 e. The molecule has 0 unspecified atom stereocenters. The van der Waals surface area contributed by atoms with Crippen LogP contribution in [0.3, 0.4) is 0 Å². The van der Waals surface area contributed by atoms with Crippen molar-refractivity contribution in [1.29, 1.82) is 0 Å². The number of nitrogens with zero attached hydrogens (tertiary/aromatic N) is 4. The van der Waals surface area contributed by atoms with Gasteiger partial charge in [0.05, 0.1) is 16.7 Å². The molecule has 160 valence electrons. The Hall–Kier alpha value is -2.84. The van der Waals surface area contributed by atoms with Crippen LogP contribution in [-0.2, 0) is 17.9 Å². The van der Waals surface area contributed by atoms with Gasteiger partial charge in [-0.3, -0.25) is 18.6 Å². The van der Waals surface area contributed by atoms with Gasteiger partial charge in [0.1, 0.15) is 0 Å². The number of unbranched alkanes of at least 4 members (excludes halogenated alkanes) is 1. The monoisotopic (exact) mass is 455 g/mol. The van der Waals surface area contributed by atoms with Crippen molar-refractivity contribution in [2.75, 3.05) is 5.75 Å². The summed E-state index contributed by atoms with van der Waals surface area (Å²) in [7, 11) is 0. The number of nitrogens with one attached hydrogen (secondary N) is 1. The standard InChI is InChI=1S/C22H22ClN5O2S/c1-2-3-11-27-20(30)17-9-4-5-10-18(17)28-21(27)25-26-22(28)31-14-19(29)24-13-15-7-6-8-16(23)12-15/h4-10,12H,2-3,11,13-14H2,1H3,(H,24,29). The zero-order chi connectivity index (χ0) is 21.8. The highest BCUT2D eigenvalue weighted by Crippen LogP contribution is 2.21. The van der Waals surface area contributed by atoms with Crippen LogP contribution >= 0.6 is 23.4 Å². The number of aryl methyl sites for hydroxylation is 1. The first-order valence-corrected chi connectivity index (χ1v) is 11.5. The highest BCUT2D eigenvalue weighted by atomic mass is 35.5. The molecular weight excluding hydrogens is 434 g/mol. The number of amides is 1. The van der Waals surface area contributed by atoms with Crippen LogP contribution in [0.1, 0.15) is 25.3 Å². The Balaban J connectivity index is 1.57. The van der Waals surface area contributed by atoms with Gasteiger partial charge in [-0.2, -0.15) is 0 Å². The van der Waals surface area contributed by atoms with Crippen molar-refractivity contribution in [3.05, 3.63) is 69.5 Å². The van der Waals surface area contributed by atoms with Crippen LogP contribution in [0.25, 0.3) is 16.7 Å². The van der Waals surface area contributed by atoms with Crippen LogP contribution < -0.4 is 10.9 Å². The number of carbonyl (C=O) groups is 1. The fraction of sp³-hybridized carbons (Fsp3) is 0.273. The summed E-state index contributed by atoms with van der Waals surface area (Å²) in [5.74, 6) is 0.563. The SMILES string of the molecule is CCCCn1c(=O)c2ccccc2n2c(SCC(=O)NCc3cccc(Cl)c3)nnc12. The molecule has 0 radical (unpaired) electrons. The number of aromatic nitrogens is 4. The number of benzene rings is 2. The number of halogens is 1. The Morgan fingerprint density at radius 1 is 1.16 bits per heavy atom. The van der Waals surface area contributed by atoms with E-state index in [1.165, 1.54) is 11.8 Å². The molecule has 0 atom stereocenters. The van der Waals surface area contributed by atoms with Gasteiger partial charge in [0.2, 0.25) is 11.7 Å². The molecule has 9 heteroatoms. The van der Waals surface area contributed by atoms with E-state index < -0.39 is 0 Å². The molecule has 4 rings (SSSR count). The second kappa shape index (κ2) is 9.53. The van der Waals surface area contributed by atoms with Crippen LogP contribution in [-0.4, -0.2) is 30.8 Å². The number of fused-ring (bicyclic) bond motifs is 3. The van der Waals surface area contributed by atoms with Crippen molar-refractivity contribution in [2.45, 2.75) is 38.0 Å². The summed E-state index contributed by atoms with van der Waals surface area (Å²) < 4.78 is 3.53. The Morgan fingerprint density at radius 2 is 2.00 bits per heavy atom. The van der Waals surface area contributed by atoms with E-state index in [2.05, 4.69) is 22.4 Å². The number of thioether (sulfide) groups is 1. The number of hydrogen-bond acceptors (Lipinski definition) is 5. The molecule has 0 aliphatic heterocycles. The normalized spacial score (nSPS) is 11.3. The quantitative estimate of drug-likeness (QED) is 0.407. The van der Waals surface area contributed by atoms with E-state index in [4.69, 9.17) is 11.6 Å². The zero-order valence-electron chi connectivity index (χ0n) is 17.0. The lowest BCUT2D eigenvalue weighted by molar-refractivity contribution is -0.118. The molecule has 0 fully saturated rings. The largest absolute Gasteiger partial charge is 0.351 e. The molecule has 2 aromatic carbocycles. The Kier molecular flexibility index (Phi) is 6.58. The fourth-order valence-corrected chi connectivity index (χ4v) is 4.36. The lowest BCUT2D eigenvalue weighted by atomic mass is 10.2. The van der Waals surface area contributed by atoms with Gasteiger partial charge >= 0.3 is 0 Å². The van der Waals surface area contributed by atoms with Crippen molar-refractivity contribution in [1.82, 2.24) is 24.5 Å². The molecule has 0 spiro atoms. The molecule has 2 heterocycles. The minimum atomic E-state index is -0.120. The topological polar surface area (TPSA) is 81.3 Å². The van der Waals surface area contributed by atoms with Crippen LogP contribution in [0.2, 0.25) is 5.02 Å². The molecule has 0 aliphatic rings. The van der Waals surface area contributed by atoms with Gasteiger partial charge in [0.15, 0.2) is 5.16 Å². The van der Waals surface area contributed by atoms with E-state index in [0.717, 1.165) is 23.9 Å². The second-order valence-electron chi connectivity index (χ2n) is 7.14. The highest BCUT2D eigenvalue weighted by molar-refractivity contribution is 7.99. The molecule has 1 N–H and O–H groups in total. The molecule has 7 nitrogen and oxygen atoms in total. The molecule has 0 saturated heterocycles. The third-order valence-corrected chi connectivity index (χ3v) is 6.09. The molecule has 4 aromatic rings. The van der Waals surface area contributed by atoms with E-state index >= 15 is 0 Å². The molecule has 0 saturated carbocycles. The summed E-state index contributed by atoms with van der Waals surface area (Å²) in [6.45, 7) is 3.06. The third-order valence-electron chi connectivity index (χ3n) is 4.92. The van der Waals surface area contributed by atoms with E-state index in [1.54, 1.807) is 10.6 Å². The van der Waals surface area contributed by atoms with Gasteiger partial charge in [-0.15, -0.1) is 10.2 Å². The Bertz CT molecular complexity index is 1300. The third kappa shape index (κ3) is 4.60. The zero-order valence-corrected chi connectivity index (χ0v) is 18.6. The Labute approximate surface area is 188 Å². The molecule has 1 amide bonds. The van der Waals surface area contributed by atoms with E-state index in [9.17, 15) is 9.59 Å². The van der Waals surface area contributed by atoms with Crippen LogP contribution in [0.5, 0.6) is 0 Å². The maximum absolute atomic E-state index is 13.0. The second-order valence-corrected chi connectivity index (χ2v) is 8.52. The van der Waals surface area contributed by atoms with Crippen molar-refractivity contribution in [3.8, 4) is 0 Å². The lowest BCUT2D eigenvalue weighted by Gasteiger charge is -2.11. The van der Waals surface area contributed by atoms with Gasteiger partial charge in [-0.05, 0) is 36.2 Å². The maximum Gasteiger partial charge on any atom is 0.262 e. The average molecular weight is 456 g/mol. The minimum absolute atomic E-state index is 0.0697. The highest BCUT2D eigenvalue weighted by Gasteiger charge is 2.17. The summed E-state index contributed by atoms with van der Waals surface area (Å²) in [5.41, 5.74) is 1.60. The van der Waals surface area contributed by atoms with E-state index in [-0.39, 0.29) is 17.2 Å². The number of carbonyl (C=O) groups excluding carboxylic acids is 1. The fourth-order valence-electron chi connectivity index (χ4n) is 3.37. The first-order chi connectivity index (χ1) is 15.1. The first kappa shape index (κ1) is 21.4. The maximum atomic E-state index is 13.0. The van der Waals surface area contributed by atoms with Gasteiger partial charge in [-0.25, -0.2) is 0 Å². The van der Waals surface area contributed by atoms with Gasteiger partial charge in [0, 0.05) is 18.1 Å². The number of para-hydroxylation sites is 1. The predicted molar refractivity (Wildman–Crippen MR) is 124 cm³/mol. The summed E-state index contributed by atoms with van der Waals surface area (Å²) in [4.78, 5) is 25.4. The molecule has 0 aliphatic carbocycles. The lowest BCUT2D eigenvalue weighted by Crippen LogP contribution is -2.25. The van der Waals surface area contributed by atoms with Crippen molar-refractivity contribution in [2.24, 2.45) is 0 Å².